The summed E-state index contributed by atoms with van der Waals surface area (Å²) in [4.78, 5) is 21.3. The van der Waals surface area contributed by atoms with E-state index in [0.29, 0.717) is 10.8 Å². The largest absolute Gasteiger partial charge is 0.370 e. The first-order valence-electron chi connectivity index (χ1n) is 4.38. The molecule has 2 aromatic rings. The van der Waals surface area contributed by atoms with E-state index in [1.807, 2.05) is 5.38 Å². The van der Waals surface area contributed by atoms with Crippen LogP contribution in [-0.4, -0.2) is 22.2 Å². The zero-order valence-electron chi connectivity index (χ0n) is 8.18. The number of nitrogens with two attached hydrogens (primary N) is 2. The average Bonchev–Trinajstić information content (AvgIpc) is 2.83. The maximum atomic E-state index is 10.5. The van der Waals surface area contributed by atoms with Crippen LogP contribution in [0.25, 0.3) is 11.3 Å². The highest BCUT2D eigenvalue weighted by atomic mass is 32.1. The molecular weight excluding hydrogens is 226 g/mol. The Morgan fingerprint density at radius 3 is 3.00 bits per heavy atom. The van der Waals surface area contributed by atoms with Crippen molar-refractivity contribution in [1.29, 1.82) is 0 Å². The summed E-state index contributed by atoms with van der Waals surface area (Å²) in [6.07, 6.45) is 2.45. The monoisotopic (exact) mass is 235 g/mol. The number of hydrogen-bond donors (Lipinski definition) is 3. The van der Waals surface area contributed by atoms with Crippen LogP contribution < -0.4 is 11.5 Å². The van der Waals surface area contributed by atoms with Gasteiger partial charge in [-0.25, -0.2) is 4.98 Å². The summed E-state index contributed by atoms with van der Waals surface area (Å²) < 4.78 is 0. The van der Waals surface area contributed by atoms with Gasteiger partial charge in [0.25, 0.3) is 0 Å². The van der Waals surface area contributed by atoms with Crippen molar-refractivity contribution in [2.45, 2.75) is 0 Å². The Hall–Kier alpha value is -2.15. The van der Waals surface area contributed by atoms with Gasteiger partial charge in [-0.15, -0.1) is 11.3 Å². The third-order valence-corrected chi connectivity index (χ3v) is 2.58. The minimum absolute atomic E-state index is 0.0245. The fourth-order valence-corrected chi connectivity index (χ4v) is 1.90. The number of carbonyl (C=O) groups excluding carboxylic acids is 1. The number of hydrogen-bond acceptors (Lipinski definition) is 4. The van der Waals surface area contributed by atoms with Gasteiger partial charge < -0.3 is 16.5 Å². The van der Waals surface area contributed by atoms with Crippen LogP contribution in [0.1, 0.15) is 10.5 Å². The fourth-order valence-electron chi connectivity index (χ4n) is 1.19. The summed E-state index contributed by atoms with van der Waals surface area (Å²) in [7, 11) is 0. The minimum Gasteiger partial charge on any atom is -0.370 e. The Balaban J connectivity index is 2.31. The SMILES string of the molecule is NC(N)=Nc1nc(-c2c[nH]c(C=O)c2)cs1. The van der Waals surface area contributed by atoms with E-state index in [1.165, 1.54) is 11.3 Å². The lowest BCUT2D eigenvalue weighted by Crippen LogP contribution is -2.21. The number of guanidine groups is 1. The molecule has 0 aliphatic carbocycles. The molecule has 2 aromatic heterocycles. The number of aliphatic imine (C=N–C) groups is 1. The summed E-state index contributed by atoms with van der Waals surface area (Å²) in [6.45, 7) is 0. The molecule has 0 amide bonds. The van der Waals surface area contributed by atoms with Gasteiger partial charge >= 0.3 is 0 Å². The molecule has 2 rings (SSSR count). The first kappa shape index (κ1) is 10.4. The Kier molecular flexibility index (Phi) is 2.69. The first-order chi connectivity index (χ1) is 7.69. The molecule has 5 N–H and O–H groups in total. The van der Waals surface area contributed by atoms with Crippen molar-refractivity contribution in [2.75, 3.05) is 0 Å². The van der Waals surface area contributed by atoms with Gasteiger partial charge in [0.05, 0.1) is 11.4 Å². The smallest absolute Gasteiger partial charge is 0.212 e. The maximum Gasteiger partial charge on any atom is 0.212 e. The van der Waals surface area contributed by atoms with Crippen molar-refractivity contribution in [3.8, 4) is 11.3 Å². The van der Waals surface area contributed by atoms with Gasteiger partial charge in [-0.1, -0.05) is 0 Å². The van der Waals surface area contributed by atoms with Crippen molar-refractivity contribution in [2.24, 2.45) is 16.5 Å². The quantitative estimate of drug-likeness (QED) is 0.416. The van der Waals surface area contributed by atoms with Gasteiger partial charge in [0.1, 0.15) is 0 Å². The number of carbonyl (C=O) groups is 1. The van der Waals surface area contributed by atoms with Crippen LogP contribution in [0.5, 0.6) is 0 Å². The number of thiazole rings is 1. The lowest BCUT2D eigenvalue weighted by atomic mass is 10.2. The minimum atomic E-state index is -0.0245. The molecule has 0 aliphatic rings. The molecule has 0 radical (unpaired) electrons. The van der Waals surface area contributed by atoms with E-state index in [9.17, 15) is 4.79 Å². The maximum absolute atomic E-state index is 10.5. The first-order valence-corrected chi connectivity index (χ1v) is 5.26. The van der Waals surface area contributed by atoms with Crippen LogP contribution in [0, 0.1) is 0 Å². The van der Waals surface area contributed by atoms with Gasteiger partial charge in [0.2, 0.25) is 5.13 Å². The van der Waals surface area contributed by atoms with E-state index >= 15 is 0 Å². The zero-order valence-corrected chi connectivity index (χ0v) is 8.99. The molecule has 0 atom stereocenters. The Labute approximate surface area is 95.0 Å². The standard InChI is InChI=1S/C9H9N5OS/c10-8(11)14-9-13-7(4-16-9)5-1-6(3-15)12-2-5/h1-4,12H,(H4,10,11,13,14). The topological polar surface area (TPSA) is 110 Å². The van der Waals surface area contributed by atoms with E-state index in [1.54, 1.807) is 12.3 Å². The van der Waals surface area contributed by atoms with Crippen molar-refractivity contribution in [3.63, 3.8) is 0 Å². The van der Waals surface area contributed by atoms with Gasteiger partial charge in [-0.2, -0.15) is 4.99 Å². The van der Waals surface area contributed by atoms with Crippen LogP contribution in [0.3, 0.4) is 0 Å². The Bertz CT molecular complexity index is 538. The summed E-state index contributed by atoms with van der Waals surface area (Å²) in [6, 6.07) is 1.71. The van der Waals surface area contributed by atoms with E-state index in [-0.39, 0.29) is 5.96 Å². The number of rotatable bonds is 3. The molecule has 82 valence electrons. The van der Waals surface area contributed by atoms with Crippen molar-refractivity contribution in [3.05, 3.63) is 23.3 Å². The molecule has 0 bridgehead atoms. The molecule has 2 heterocycles. The second-order valence-corrected chi connectivity index (χ2v) is 3.85. The van der Waals surface area contributed by atoms with Crippen LogP contribution in [-0.2, 0) is 0 Å². The second-order valence-electron chi connectivity index (χ2n) is 3.01. The van der Waals surface area contributed by atoms with Crippen molar-refractivity contribution in [1.82, 2.24) is 9.97 Å². The lowest BCUT2D eigenvalue weighted by Gasteiger charge is -1.88. The normalized spacial score (nSPS) is 10.0. The molecule has 16 heavy (non-hydrogen) atoms. The molecule has 0 fully saturated rings. The third kappa shape index (κ3) is 2.09. The Morgan fingerprint density at radius 1 is 1.56 bits per heavy atom. The molecule has 6 nitrogen and oxygen atoms in total. The molecule has 0 aromatic carbocycles. The predicted octanol–water partition coefficient (Wildman–Crippen LogP) is 0.856. The molecule has 0 spiro atoms. The highest BCUT2D eigenvalue weighted by Gasteiger charge is 2.06. The zero-order chi connectivity index (χ0) is 11.5. The number of nitrogens with one attached hydrogen (secondary N) is 1. The molecule has 7 heteroatoms. The van der Waals surface area contributed by atoms with E-state index in [4.69, 9.17) is 11.5 Å². The van der Waals surface area contributed by atoms with Crippen LogP contribution in [0.4, 0.5) is 5.13 Å². The van der Waals surface area contributed by atoms with E-state index in [0.717, 1.165) is 17.5 Å². The molecule has 0 unspecified atom stereocenters. The van der Waals surface area contributed by atoms with E-state index in [2.05, 4.69) is 15.0 Å². The number of aromatic nitrogens is 2. The number of H-pyrrole nitrogens is 1. The summed E-state index contributed by atoms with van der Waals surface area (Å²) in [5, 5.41) is 2.31. The molecule has 0 aliphatic heterocycles. The second kappa shape index (κ2) is 4.15. The van der Waals surface area contributed by atoms with Crippen LogP contribution >= 0.6 is 11.3 Å². The van der Waals surface area contributed by atoms with E-state index < -0.39 is 0 Å². The predicted molar refractivity (Wildman–Crippen MR) is 62.8 cm³/mol. The van der Waals surface area contributed by atoms with Crippen molar-refractivity contribution < 1.29 is 4.79 Å². The summed E-state index contributed by atoms with van der Waals surface area (Å²) in [5.41, 5.74) is 12.5. The fraction of sp³-hybridized carbons (Fsp3) is 0. The number of aromatic amines is 1. The van der Waals surface area contributed by atoms with Gasteiger partial charge in [0.15, 0.2) is 12.2 Å². The van der Waals surface area contributed by atoms with Crippen LogP contribution in [0.2, 0.25) is 0 Å². The molecular formula is C9H9N5OS. The molecule has 0 saturated carbocycles. The van der Waals surface area contributed by atoms with Gasteiger partial charge in [-0.05, 0) is 6.07 Å². The summed E-state index contributed by atoms with van der Waals surface area (Å²) in [5.74, 6) is -0.0245. The summed E-state index contributed by atoms with van der Waals surface area (Å²) >= 11 is 1.33. The van der Waals surface area contributed by atoms with Gasteiger partial charge in [-0.3, -0.25) is 4.79 Å². The Morgan fingerprint density at radius 2 is 2.38 bits per heavy atom. The lowest BCUT2D eigenvalue weighted by molar-refractivity contribution is 0.111. The highest BCUT2D eigenvalue weighted by Crippen LogP contribution is 2.26. The van der Waals surface area contributed by atoms with Crippen LogP contribution in [0.15, 0.2) is 22.6 Å². The number of aldehydes is 1. The average molecular weight is 235 g/mol. The third-order valence-electron chi connectivity index (χ3n) is 1.84. The highest BCUT2D eigenvalue weighted by molar-refractivity contribution is 7.13. The van der Waals surface area contributed by atoms with Gasteiger partial charge in [0, 0.05) is 17.1 Å². The molecule has 0 saturated heterocycles. The van der Waals surface area contributed by atoms with Crippen molar-refractivity contribution >= 4 is 28.7 Å². The number of nitrogens with zero attached hydrogens (tertiary/aromatic N) is 2.